The summed E-state index contributed by atoms with van der Waals surface area (Å²) in [5.74, 6) is 0. The average molecular weight is 241 g/mol. The standard InChI is InChI=1S/C14H11NOS/c16-10-11-3-1-5-14-13(11)6-7-15(14)9-12-4-2-8-17-12/h1-8,10H,9H2. The van der Waals surface area contributed by atoms with Gasteiger partial charge in [0.25, 0.3) is 0 Å². The second kappa shape index (κ2) is 4.18. The van der Waals surface area contributed by atoms with Crippen LogP contribution in [-0.4, -0.2) is 10.9 Å². The molecule has 0 unspecified atom stereocenters. The molecular formula is C14H11NOS. The van der Waals surface area contributed by atoms with Crippen molar-refractivity contribution in [2.45, 2.75) is 6.54 Å². The van der Waals surface area contributed by atoms with E-state index in [-0.39, 0.29) is 0 Å². The Morgan fingerprint density at radius 1 is 1.18 bits per heavy atom. The number of fused-ring (bicyclic) bond motifs is 1. The lowest BCUT2D eigenvalue weighted by Crippen LogP contribution is -1.95. The first-order valence-corrected chi connectivity index (χ1v) is 6.32. The molecule has 0 saturated carbocycles. The Kier molecular flexibility index (Phi) is 2.53. The molecule has 2 nitrogen and oxygen atoms in total. The van der Waals surface area contributed by atoms with Crippen LogP contribution in [0.2, 0.25) is 0 Å². The van der Waals surface area contributed by atoms with Crippen molar-refractivity contribution in [2.75, 3.05) is 0 Å². The number of carbonyl (C=O) groups is 1. The normalized spacial score (nSPS) is 10.8. The lowest BCUT2D eigenvalue weighted by atomic mass is 10.1. The molecule has 0 radical (unpaired) electrons. The predicted molar refractivity (Wildman–Crippen MR) is 70.7 cm³/mol. The molecule has 1 aromatic carbocycles. The molecule has 0 N–H and O–H groups in total. The minimum atomic E-state index is 0.757. The first-order valence-electron chi connectivity index (χ1n) is 5.44. The monoisotopic (exact) mass is 241 g/mol. The highest BCUT2D eigenvalue weighted by Crippen LogP contribution is 2.21. The third-order valence-corrected chi connectivity index (χ3v) is 3.74. The lowest BCUT2D eigenvalue weighted by molar-refractivity contribution is 0.112. The molecule has 0 bridgehead atoms. The average Bonchev–Trinajstić information content (AvgIpc) is 2.99. The summed E-state index contributed by atoms with van der Waals surface area (Å²) in [4.78, 5) is 12.3. The Morgan fingerprint density at radius 3 is 2.88 bits per heavy atom. The summed E-state index contributed by atoms with van der Waals surface area (Å²) in [6.45, 7) is 0.865. The van der Waals surface area contributed by atoms with E-state index in [0.717, 1.165) is 29.3 Å². The quantitative estimate of drug-likeness (QED) is 0.643. The maximum atomic E-state index is 10.9. The second-order valence-electron chi connectivity index (χ2n) is 3.92. The van der Waals surface area contributed by atoms with Crippen LogP contribution in [-0.2, 0) is 6.54 Å². The van der Waals surface area contributed by atoms with Crippen molar-refractivity contribution in [3.63, 3.8) is 0 Å². The summed E-state index contributed by atoms with van der Waals surface area (Å²) >= 11 is 1.75. The van der Waals surface area contributed by atoms with Crippen molar-refractivity contribution < 1.29 is 4.79 Å². The van der Waals surface area contributed by atoms with Gasteiger partial charge in [-0.15, -0.1) is 11.3 Å². The zero-order valence-electron chi connectivity index (χ0n) is 9.17. The Morgan fingerprint density at radius 2 is 2.12 bits per heavy atom. The largest absolute Gasteiger partial charge is 0.342 e. The van der Waals surface area contributed by atoms with E-state index in [1.165, 1.54) is 4.88 Å². The second-order valence-corrected chi connectivity index (χ2v) is 4.95. The summed E-state index contributed by atoms with van der Waals surface area (Å²) in [6.07, 6.45) is 2.95. The fourth-order valence-corrected chi connectivity index (χ4v) is 2.76. The summed E-state index contributed by atoms with van der Waals surface area (Å²) in [6, 6.07) is 12.0. The molecule has 2 heterocycles. The zero-order chi connectivity index (χ0) is 11.7. The summed E-state index contributed by atoms with van der Waals surface area (Å²) in [7, 11) is 0. The van der Waals surface area contributed by atoms with Gasteiger partial charge in [-0.2, -0.15) is 0 Å². The molecule has 17 heavy (non-hydrogen) atoms. The van der Waals surface area contributed by atoms with Crippen LogP contribution in [0, 0.1) is 0 Å². The molecule has 3 aromatic rings. The van der Waals surface area contributed by atoms with E-state index >= 15 is 0 Å². The predicted octanol–water partition coefficient (Wildman–Crippen LogP) is 3.56. The van der Waals surface area contributed by atoms with E-state index in [1.807, 2.05) is 24.4 Å². The van der Waals surface area contributed by atoms with Gasteiger partial charge in [0.1, 0.15) is 0 Å². The van der Waals surface area contributed by atoms with Gasteiger partial charge >= 0.3 is 0 Å². The van der Waals surface area contributed by atoms with Crippen LogP contribution in [0.5, 0.6) is 0 Å². The molecule has 0 aliphatic carbocycles. The van der Waals surface area contributed by atoms with Gasteiger partial charge in [0.05, 0.1) is 6.54 Å². The maximum Gasteiger partial charge on any atom is 0.150 e. The van der Waals surface area contributed by atoms with Crippen LogP contribution in [0.4, 0.5) is 0 Å². The molecule has 0 aliphatic rings. The minimum absolute atomic E-state index is 0.757. The number of hydrogen-bond donors (Lipinski definition) is 0. The molecule has 3 rings (SSSR count). The Bertz CT molecular complexity index is 652. The van der Waals surface area contributed by atoms with Gasteiger partial charge in [0.15, 0.2) is 6.29 Å². The number of aldehydes is 1. The summed E-state index contributed by atoms with van der Waals surface area (Å²) in [5.41, 5.74) is 1.87. The van der Waals surface area contributed by atoms with Crippen LogP contribution < -0.4 is 0 Å². The first-order chi connectivity index (χ1) is 8.38. The third kappa shape index (κ3) is 1.78. The van der Waals surface area contributed by atoms with Gasteiger partial charge in [-0.25, -0.2) is 0 Å². The molecule has 0 fully saturated rings. The van der Waals surface area contributed by atoms with E-state index in [9.17, 15) is 4.79 Å². The van der Waals surface area contributed by atoms with Gasteiger partial charge in [0.2, 0.25) is 0 Å². The highest BCUT2D eigenvalue weighted by Gasteiger charge is 2.05. The van der Waals surface area contributed by atoms with Crippen molar-refractivity contribution in [2.24, 2.45) is 0 Å². The van der Waals surface area contributed by atoms with Gasteiger partial charge in [-0.3, -0.25) is 4.79 Å². The fraction of sp³-hybridized carbons (Fsp3) is 0.0714. The number of carbonyl (C=O) groups excluding carboxylic acids is 1. The van der Waals surface area contributed by atoms with E-state index in [1.54, 1.807) is 11.3 Å². The number of hydrogen-bond acceptors (Lipinski definition) is 2. The molecule has 3 heteroatoms. The molecule has 0 amide bonds. The van der Waals surface area contributed by atoms with Crippen molar-refractivity contribution >= 4 is 28.5 Å². The molecule has 0 atom stereocenters. The lowest BCUT2D eigenvalue weighted by Gasteiger charge is -2.03. The molecule has 84 valence electrons. The zero-order valence-corrected chi connectivity index (χ0v) is 9.98. The highest BCUT2D eigenvalue weighted by molar-refractivity contribution is 7.09. The van der Waals surface area contributed by atoms with Crippen LogP contribution in [0.3, 0.4) is 0 Å². The number of benzene rings is 1. The van der Waals surface area contributed by atoms with Gasteiger partial charge < -0.3 is 4.57 Å². The number of aromatic nitrogens is 1. The Balaban J connectivity index is 2.09. The van der Waals surface area contributed by atoms with Gasteiger partial charge in [-0.1, -0.05) is 18.2 Å². The minimum Gasteiger partial charge on any atom is -0.342 e. The summed E-state index contributed by atoms with van der Waals surface area (Å²) in [5, 5.41) is 3.11. The van der Waals surface area contributed by atoms with Crippen molar-refractivity contribution in [1.29, 1.82) is 0 Å². The molecule has 0 aliphatic heterocycles. The van der Waals surface area contributed by atoms with Gasteiger partial charge in [0, 0.05) is 27.5 Å². The van der Waals surface area contributed by atoms with Crippen LogP contribution >= 0.6 is 11.3 Å². The van der Waals surface area contributed by atoms with E-state index in [4.69, 9.17) is 0 Å². The molecular weight excluding hydrogens is 230 g/mol. The van der Waals surface area contributed by atoms with Crippen LogP contribution in [0.1, 0.15) is 15.2 Å². The van der Waals surface area contributed by atoms with Crippen molar-refractivity contribution in [3.05, 3.63) is 58.4 Å². The fourth-order valence-electron chi connectivity index (χ4n) is 2.06. The topological polar surface area (TPSA) is 22.0 Å². The SMILES string of the molecule is O=Cc1cccc2c1ccn2Cc1cccs1. The maximum absolute atomic E-state index is 10.9. The number of rotatable bonds is 3. The van der Waals surface area contributed by atoms with Crippen molar-refractivity contribution in [1.82, 2.24) is 4.57 Å². The molecule has 2 aromatic heterocycles. The Hall–Kier alpha value is -1.87. The smallest absolute Gasteiger partial charge is 0.150 e. The van der Waals surface area contributed by atoms with Crippen molar-refractivity contribution in [3.8, 4) is 0 Å². The van der Waals surface area contributed by atoms with Gasteiger partial charge in [-0.05, 0) is 23.6 Å². The van der Waals surface area contributed by atoms with E-state index < -0.39 is 0 Å². The third-order valence-electron chi connectivity index (χ3n) is 2.88. The summed E-state index contributed by atoms with van der Waals surface area (Å²) < 4.78 is 2.17. The number of nitrogens with zero attached hydrogens (tertiary/aromatic N) is 1. The van der Waals surface area contributed by atoms with Crippen LogP contribution in [0.25, 0.3) is 10.9 Å². The van der Waals surface area contributed by atoms with E-state index in [0.29, 0.717) is 0 Å². The van der Waals surface area contributed by atoms with E-state index in [2.05, 4.69) is 28.1 Å². The molecule has 0 saturated heterocycles. The molecule has 0 spiro atoms. The van der Waals surface area contributed by atoms with Crippen LogP contribution in [0.15, 0.2) is 48.0 Å². The Labute approximate surface area is 103 Å². The highest BCUT2D eigenvalue weighted by atomic mass is 32.1. The number of thiophene rings is 1. The first kappa shape index (κ1) is 10.3.